The third-order valence-corrected chi connectivity index (χ3v) is 4.13. The van der Waals surface area contributed by atoms with Crippen molar-refractivity contribution in [3.8, 4) is 0 Å². The number of fused-ring (bicyclic) bond motifs is 1. The zero-order chi connectivity index (χ0) is 12.3. The predicted octanol–water partition coefficient (Wildman–Crippen LogP) is 1.42. The van der Waals surface area contributed by atoms with Crippen LogP contribution in [0.25, 0.3) is 0 Å². The topological polar surface area (TPSA) is 55.6 Å². The van der Waals surface area contributed by atoms with Gasteiger partial charge >= 0.3 is 0 Å². The second kappa shape index (κ2) is 7.31. The Balaban J connectivity index is 0.00000162. The number of ether oxygens (including phenoxy) is 1. The van der Waals surface area contributed by atoms with Crippen molar-refractivity contribution < 1.29 is 9.53 Å². The first-order chi connectivity index (χ1) is 8.22. The first kappa shape index (κ1) is 15.7. The second-order valence-corrected chi connectivity index (χ2v) is 5.37. The highest BCUT2D eigenvalue weighted by Crippen LogP contribution is 2.36. The zero-order valence-corrected chi connectivity index (χ0v) is 12.0. The fourth-order valence-corrected chi connectivity index (χ4v) is 3.01. The number of amides is 1. The van der Waals surface area contributed by atoms with Crippen LogP contribution in [-0.2, 0) is 9.53 Å². The Bertz CT molecular complexity index is 276. The van der Waals surface area contributed by atoms with Crippen molar-refractivity contribution in [1.29, 1.82) is 0 Å². The molecule has 4 nitrogen and oxygen atoms in total. The molecule has 1 amide bonds. The first-order valence-corrected chi connectivity index (χ1v) is 6.83. The molecule has 3 unspecified atom stereocenters. The van der Waals surface area contributed by atoms with Crippen molar-refractivity contribution in [2.45, 2.75) is 38.6 Å². The summed E-state index contributed by atoms with van der Waals surface area (Å²) >= 11 is 0. The average molecular weight is 277 g/mol. The number of nitrogens with zero attached hydrogens (tertiary/aromatic N) is 1. The van der Waals surface area contributed by atoms with E-state index in [4.69, 9.17) is 10.5 Å². The summed E-state index contributed by atoms with van der Waals surface area (Å²) in [5, 5.41) is 0. The van der Waals surface area contributed by atoms with Crippen LogP contribution in [0.15, 0.2) is 0 Å². The third kappa shape index (κ3) is 3.59. The van der Waals surface area contributed by atoms with Gasteiger partial charge in [-0.25, -0.2) is 0 Å². The number of nitrogens with two attached hydrogens (primary N) is 1. The van der Waals surface area contributed by atoms with Gasteiger partial charge in [0.15, 0.2) is 0 Å². The smallest absolute Gasteiger partial charge is 0.248 e. The standard InChI is InChI=1S/C13H24N2O2.ClH/c1-2-3-6-17-9-13(16)15-7-10-4-5-12(14)11(10)8-15;/h10-12H,2-9,14H2,1H3;1H. The number of likely N-dealkylation sites (tertiary alicyclic amines) is 1. The summed E-state index contributed by atoms with van der Waals surface area (Å²) in [6.45, 7) is 4.81. The molecular weight excluding hydrogens is 252 g/mol. The lowest BCUT2D eigenvalue weighted by atomic mass is 9.98. The number of halogens is 1. The lowest BCUT2D eigenvalue weighted by molar-refractivity contribution is -0.135. The fraction of sp³-hybridized carbons (Fsp3) is 0.923. The highest BCUT2D eigenvalue weighted by atomic mass is 35.5. The van der Waals surface area contributed by atoms with Crippen molar-refractivity contribution in [2.75, 3.05) is 26.3 Å². The summed E-state index contributed by atoms with van der Waals surface area (Å²) < 4.78 is 5.37. The molecule has 2 aliphatic rings. The van der Waals surface area contributed by atoms with Crippen LogP contribution in [0.2, 0.25) is 0 Å². The van der Waals surface area contributed by atoms with Gasteiger partial charge in [0.25, 0.3) is 0 Å². The Hall–Kier alpha value is -0.320. The average Bonchev–Trinajstić information content (AvgIpc) is 2.87. The minimum atomic E-state index is 0. The highest BCUT2D eigenvalue weighted by molar-refractivity contribution is 5.85. The monoisotopic (exact) mass is 276 g/mol. The number of hydrogen-bond donors (Lipinski definition) is 1. The van der Waals surface area contributed by atoms with Gasteiger partial charge in [-0.2, -0.15) is 0 Å². The summed E-state index contributed by atoms with van der Waals surface area (Å²) in [5.41, 5.74) is 6.05. The van der Waals surface area contributed by atoms with Gasteiger partial charge in [0, 0.05) is 25.7 Å². The third-order valence-electron chi connectivity index (χ3n) is 4.13. The maximum atomic E-state index is 11.9. The molecule has 0 radical (unpaired) electrons. The second-order valence-electron chi connectivity index (χ2n) is 5.37. The minimum Gasteiger partial charge on any atom is -0.372 e. The molecule has 0 aromatic carbocycles. The largest absolute Gasteiger partial charge is 0.372 e. The van der Waals surface area contributed by atoms with Crippen LogP contribution in [0.4, 0.5) is 0 Å². The van der Waals surface area contributed by atoms with E-state index in [1.165, 1.54) is 6.42 Å². The molecule has 3 atom stereocenters. The summed E-state index contributed by atoms with van der Waals surface area (Å²) in [4.78, 5) is 13.9. The molecule has 2 N–H and O–H groups in total. The van der Waals surface area contributed by atoms with E-state index in [2.05, 4.69) is 6.92 Å². The molecule has 0 aromatic rings. The van der Waals surface area contributed by atoms with E-state index in [0.29, 0.717) is 24.5 Å². The Morgan fingerprint density at radius 1 is 1.39 bits per heavy atom. The molecule has 18 heavy (non-hydrogen) atoms. The van der Waals surface area contributed by atoms with Crippen LogP contribution in [0.5, 0.6) is 0 Å². The predicted molar refractivity (Wildman–Crippen MR) is 73.7 cm³/mol. The fourth-order valence-electron chi connectivity index (χ4n) is 3.01. The minimum absolute atomic E-state index is 0. The zero-order valence-electron chi connectivity index (χ0n) is 11.1. The first-order valence-electron chi connectivity index (χ1n) is 6.83. The van der Waals surface area contributed by atoms with Crippen molar-refractivity contribution in [2.24, 2.45) is 17.6 Å². The van der Waals surface area contributed by atoms with Crippen molar-refractivity contribution in [3.63, 3.8) is 0 Å². The van der Waals surface area contributed by atoms with E-state index in [-0.39, 0.29) is 24.9 Å². The molecule has 106 valence electrons. The molecule has 1 saturated heterocycles. The maximum Gasteiger partial charge on any atom is 0.248 e. The molecule has 1 heterocycles. The number of carbonyl (C=O) groups excluding carboxylic acids is 1. The molecule has 0 bridgehead atoms. The Labute approximate surface area is 116 Å². The quantitative estimate of drug-likeness (QED) is 0.773. The summed E-state index contributed by atoms with van der Waals surface area (Å²) in [7, 11) is 0. The van der Waals surface area contributed by atoms with Crippen LogP contribution in [0, 0.1) is 11.8 Å². The van der Waals surface area contributed by atoms with Gasteiger partial charge in [0.05, 0.1) is 0 Å². The summed E-state index contributed by atoms with van der Waals surface area (Å²) in [6, 6.07) is 0.304. The highest BCUT2D eigenvalue weighted by Gasteiger charge is 2.42. The Kier molecular flexibility index (Phi) is 6.39. The van der Waals surface area contributed by atoms with Crippen molar-refractivity contribution in [3.05, 3.63) is 0 Å². The van der Waals surface area contributed by atoms with E-state index in [1.807, 2.05) is 4.90 Å². The number of rotatable bonds is 5. The Morgan fingerprint density at radius 3 is 2.83 bits per heavy atom. The van der Waals surface area contributed by atoms with Crippen LogP contribution >= 0.6 is 12.4 Å². The molecule has 0 aromatic heterocycles. The number of carbonyl (C=O) groups is 1. The molecule has 1 saturated carbocycles. The van der Waals surface area contributed by atoms with Gasteiger partial charge in [-0.15, -0.1) is 12.4 Å². The van der Waals surface area contributed by atoms with E-state index in [0.717, 1.165) is 32.4 Å². The summed E-state index contributed by atoms with van der Waals surface area (Å²) in [6.07, 6.45) is 4.46. The molecule has 1 aliphatic carbocycles. The van der Waals surface area contributed by atoms with Crippen molar-refractivity contribution >= 4 is 18.3 Å². The van der Waals surface area contributed by atoms with Crippen LogP contribution in [0.1, 0.15) is 32.6 Å². The molecule has 2 fully saturated rings. The molecular formula is C13H25ClN2O2. The van der Waals surface area contributed by atoms with Gasteiger partial charge < -0.3 is 15.4 Å². The number of unbranched alkanes of at least 4 members (excludes halogenated alkanes) is 1. The van der Waals surface area contributed by atoms with Gasteiger partial charge in [-0.1, -0.05) is 13.3 Å². The van der Waals surface area contributed by atoms with E-state index < -0.39 is 0 Å². The number of hydrogen-bond acceptors (Lipinski definition) is 3. The van der Waals surface area contributed by atoms with E-state index >= 15 is 0 Å². The van der Waals surface area contributed by atoms with Gasteiger partial charge in [-0.05, 0) is 31.1 Å². The van der Waals surface area contributed by atoms with E-state index in [9.17, 15) is 4.79 Å². The normalized spacial score (nSPS) is 30.1. The van der Waals surface area contributed by atoms with Crippen LogP contribution in [0.3, 0.4) is 0 Å². The molecule has 0 spiro atoms. The molecule has 5 heteroatoms. The van der Waals surface area contributed by atoms with Crippen LogP contribution < -0.4 is 5.73 Å². The maximum absolute atomic E-state index is 11.9. The van der Waals surface area contributed by atoms with Crippen molar-refractivity contribution in [1.82, 2.24) is 4.90 Å². The molecule has 1 aliphatic heterocycles. The van der Waals surface area contributed by atoms with Gasteiger partial charge in [0.1, 0.15) is 6.61 Å². The van der Waals surface area contributed by atoms with Crippen LogP contribution in [-0.4, -0.2) is 43.2 Å². The lowest BCUT2D eigenvalue weighted by Crippen LogP contribution is -2.35. The molecule has 2 rings (SSSR count). The lowest BCUT2D eigenvalue weighted by Gasteiger charge is -2.18. The Morgan fingerprint density at radius 2 is 2.17 bits per heavy atom. The summed E-state index contributed by atoms with van der Waals surface area (Å²) in [5.74, 6) is 1.32. The van der Waals surface area contributed by atoms with Gasteiger partial charge in [0.2, 0.25) is 5.91 Å². The van der Waals surface area contributed by atoms with Gasteiger partial charge in [-0.3, -0.25) is 4.79 Å². The van der Waals surface area contributed by atoms with E-state index in [1.54, 1.807) is 0 Å². The SMILES string of the molecule is CCCCOCC(=O)N1CC2CCC(N)C2C1.Cl.